The topological polar surface area (TPSA) is 91.8 Å². The molecule has 2 aliphatic heterocycles. The zero-order valence-corrected chi connectivity index (χ0v) is 20.6. The Morgan fingerprint density at radius 2 is 2.17 bits per heavy atom. The molecule has 2 saturated heterocycles. The summed E-state index contributed by atoms with van der Waals surface area (Å²) >= 11 is 0. The number of benzene rings is 1. The van der Waals surface area contributed by atoms with Crippen molar-refractivity contribution in [2.24, 2.45) is 5.92 Å². The van der Waals surface area contributed by atoms with E-state index in [0.717, 1.165) is 17.7 Å². The fourth-order valence-electron chi connectivity index (χ4n) is 4.58. The molecule has 0 radical (unpaired) electrons. The molecular weight excluding hydrogens is 475 g/mol. The van der Waals surface area contributed by atoms with E-state index >= 15 is 0 Å². The van der Waals surface area contributed by atoms with Gasteiger partial charge in [0.15, 0.2) is 5.82 Å². The number of piperazine rings is 1. The number of nitrogens with zero attached hydrogens (tertiary/aromatic N) is 3. The number of aliphatic hydroxyl groups excluding tert-OH is 1. The number of aromatic nitrogens is 2. The van der Waals surface area contributed by atoms with Crippen LogP contribution in [-0.4, -0.2) is 86.4 Å². The van der Waals surface area contributed by atoms with E-state index in [4.69, 9.17) is 19.4 Å². The average Bonchev–Trinajstić information content (AvgIpc) is 3.37. The molecule has 198 valence electrons. The van der Waals surface area contributed by atoms with Gasteiger partial charge in [-0.2, -0.15) is 13.2 Å². The van der Waals surface area contributed by atoms with Crippen molar-refractivity contribution in [3.8, 4) is 17.1 Å². The second kappa shape index (κ2) is 11.7. The molecule has 0 saturated carbocycles. The fraction of sp³-hybridized carbons (Fsp3) is 0.600. The van der Waals surface area contributed by atoms with Gasteiger partial charge in [-0.15, -0.1) is 0 Å². The molecular formula is C25H34F3N5O3. The third kappa shape index (κ3) is 6.64. The van der Waals surface area contributed by atoms with Crippen molar-refractivity contribution in [3.05, 3.63) is 35.5 Å². The SMILES string of the molecule is CNCC(O)COc1cccc(-c2nc(CC3CCOC3)c(C)c(N3CCNC(C(F)(F)F)C3)n2)c1. The number of ether oxygens (including phenoxy) is 2. The van der Waals surface area contributed by atoms with Crippen LogP contribution in [0.5, 0.6) is 5.75 Å². The van der Waals surface area contributed by atoms with Gasteiger partial charge in [-0.3, -0.25) is 0 Å². The number of hydrogen-bond donors (Lipinski definition) is 3. The number of nitrogens with one attached hydrogen (secondary N) is 2. The first-order chi connectivity index (χ1) is 17.2. The number of anilines is 1. The molecule has 3 atom stereocenters. The Bertz CT molecular complexity index is 1020. The second-order valence-electron chi connectivity index (χ2n) is 9.42. The molecule has 1 aromatic carbocycles. The Kier molecular flexibility index (Phi) is 8.66. The van der Waals surface area contributed by atoms with Gasteiger partial charge in [0.1, 0.15) is 30.3 Å². The van der Waals surface area contributed by atoms with Crippen molar-refractivity contribution in [2.75, 3.05) is 57.9 Å². The molecule has 2 aliphatic rings. The highest BCUT2D eigenvalue weighted by Crippen LogP contribution is 2.31. The van der Waals surface area contributed by atoms with Crippen molar-refractivity contribution < 1.29 is 27.8 Å². The molecule has 4 rings (SSSR count). The quantitative estimate of drug-likeness (QED) is 0.475. The summed E-state index contributed by atoms with van der Waals surface area (Å²) in [5.74, 6) is 1.83. The molecule has 2 aromatic rings. The van der Waals surface area contributed by atoms with E-state index in [1.807, 2.05) is 19.1 Å². The van der Waals surface area contributed by atoms with Crippen molar-refractivity contribution in [3.63, 3.8) is 0 Å². The summed E-state index contributed by atoms with van der Waals surface area (Å²) in [6.07, 6.45) is -3.39. The molecule has 1 aromatic heterocycles. The standard InChI is InChI=1S/C25H34F3N5O3/c1-16-21(10-17-6-9-35-14-17)31-23(18-4-3-5-20(11-18)36-15-19(34)12-29-2)32-24(16)33-8-7-30-22(13-33)25(26,27)28/h3-5,11,17,19,22,29-30,34H,6-10,12-15H2,1-2H3. The van der Waals surface area contributed by atoms with Crippen molar-refractivity contribution in [1.29, 1.82) is 0 Å². The molecule has 3 heterocycles. The number of aliphatic hydroxyl groups is 1. The number of alkyl halides is 3. The lowest BCUT2D eigenvalue weighted by Gasteiger charge is -2.36. The molecule has 0 aliphatic carbocycles. The van der Waals surface area contributed by atoms with E-state index in [1.165, 1.54) is 0 Å². The van der Waals surface area contributed by atoms with Crippen LogP contribution in [-0.2, 0) is 11.2 Å². The van der Waals surface area contributed by atoms with E-state index in [1.54, 1.807) is 24.1 Å². The summed E-state index contributed by atoms with van der Waals surface area (Å²) in [4.78, 5) is 11.3. The molecule has 2 fully saturated rings. The van der Waals surface area contributed by atoms with E-state index in [9.17, 15) is 18.3 Å². The highest BCUT2D eigenvalue weighted by Gasteiger charge is 2.42. The fourth-order valence-corrected chi connectivity index (χ4v) is 4.58. The van der Waals surface area contributed by atoms with Gasteiger partial charge in [-0.25, -0.2) is 9.97 Å². The van der Waals surface area contributed by atoms with Crippen LogP contribution in [0.15, 0.2) is 24.3 Å². The molecule has 0 bridgehead atoms. The van der Waals surface area contributed by atoms with Crippen LogP contribution in [0.1, 0.15) is 17.7 Å². The summed E-state index contributed by atoms with van der Waals surface area (Å²) in [6.45, 7) is 4.19. The van der Waals surface area contributed by atoms with Gasteiger partial charge in [0.05, 0.1) is 0 Å². The minimum atomic E-state index is -4.34. The molecule has 3 unspecified atom stereocenters. The zero-order chi connectivity index (χ0) is 25.7. The van der Waals surface area contributed by atoms with Crippen molar-refractivity contribution in [1.82, 2.24) is 20.6 Å². The second-order valence-corrected chi connectivity index (χ2v) is 9.42. The van der Waals surface area contributed by atoms with E-state index < -0.39 is 18.3 Å². The van der Waals surface area contributed by atoms with Crippen molar-refractivity contribution >= 4 is 5.82 Å². The predicted molar refractivity (Wildman–Crippen MR) is 130 cm³/mol. The maximum atomic E-state index is 13.5. The largest absolute Gasteiger partial charge is 0.491 e. The average molecular weight is 510 g/mol. The summed E-state index contributed by atoms with van der Waals surface area (Å²) in [5, 5.41) is 15.4. The highest BCUT2D eigenvalue weighted by atomic mass is 19.4. The highest BCUT2D eigenvalue weighted by molar-refractivity contribution is 5.62. The molecule has 0 spiro atoms. The summed E-state index contributed by atoms with van der Waals surface area (Å²) < 4.78 is 51.7. The van der Waals surface area contributed by atoms with Crippen molar-refractivity contribution in [2.45, 2.75) is 38.1 Å². The minimum Gasteiger partial charge on any atom is -0.491 e. The summed E-state index contributed by atoms with van der Waals surface area (Å²) in [7, 11) is 1.75. The first kappa shape index (κ1) is 26.6. The normalized spacial score (nSPS) is 21.6. The van der Waals surface area contributed by atoms with E-state index in [2.05, 4.69) is 10.6 Å². The molecule has 8 nitrogen and oxygen atoms in total. The Labute approximate surface area is 209 Å². The Morgan fingerprint density at radius 1 is 1.33 bits per heavy atom. The van der Waals surface area contributed by atoms with Crippen LogP contribution in [0.3, 0.4) is 0 Å². The maximum Gasteiger partial charge on any atom is 0.405 e. The Hall–Kier alpha value is -2.47. The van der Waals surface area contributed by atoms with Crippen LogP contribution in [0, 0.1) is 12.8 Å². The monoisotopic (exact) mass is 509 g/mol. The van der Waals surface area contributed by atoms with Crippen LogP contribution in [0.2, 0.25) is 0 Å². The molecule has 0 amide bonds. The minimum absolute atomic E-state index is 0.122. The first-order valence-corrected chi connectivity index (χ1v) is 12.3. The first-order valence-electron chi connectivity index (χ1n) is 12.3. The van der Waals surface area contributed by atoms with Gasteiger partial charge < -0.3 is 30.1 Å². The van der Waals surface area contributed by atoms with Gasteiger partial charge in [0.2, 0.25) is 0 Å². The Morgan fingerprint density at radius 3 is 2.89 bits per heavy atom. The van der Waals surface area contributed by atoms with Crippen LogP contribution < -0.4 is 20.3 Å². The molecule has 3 N–H and O–H groups in total. The van der Waals surface area contributed by atoms with Gasteiger partial charge in [-0.1, -0.05) is 12.1 Å². The third-order valence-corrected chi connectivity index (χ3v) is 6.57. The van der Waals surface area contributed by atoms with E-state index in [-0.39, 0.29) is 19.7 Å². The Balaban J connectivity index is 1.65. The molecule has 36 heavy (non-hydrogen) atoms. The number of likely N-dealkylation sites (N-methyl/N-ethyl adjacent to an activating group) is 1. The number of rotatable bonds is 9. The number of hydrogen-bond acceptors (Lipinski definition) is 8. The third-order valence-electron chi connectivity index (χ3n) is 6.57. The maximum absolute atomic E-state index is 13.5. The van der Waals surface area contributed by atoms with Crippen LogP contribution in [0.4, 0.5) is 19.0 Å². The summed E-state index contributed by atoms with van der Waals surface area (Å²) in [6, 6.07) is 5.62. The van der Waals surface area contributed by atoms with Crippen LogP contribution >= 0.6 is 0 Å². The van der Waals surface area contributed by atoms with Gasteiger partial charge >= 0.3 is 6.18 Å². The van der Waals surface area contributed by atoms with Gasteiger partial charge in [0, 0.05) is 56.2 Å². The lowest BCUT2D eigenvalue weighted by molar-refractivity contribution is -0.155. The van der Waals surface area contributed by atoms with Gasteiger partial charge in [0.25, 0.3) is 0 Å². The lowest BCUT2D eigenvalue weighted by Crippen LogP contribution is -2.57. The smallest absolute Gasteiger partial charge is 0.405 e. The number of halogens is 3. The lowest BCUT2D eigenvalue weighted by atomic mass is 9.99. The van der Waals surface area contributed by atoms with E-state index in [0.29, 0.717) is 61.6 Å². The zero-order valence-electron chi connectivity index (χ0n) is 20.6. The summed E-state index contributed by atoms with van der Waals surface area (Å²) in [5.41, 5.74) is 2.32. The predicted octanol–water partition coefficient (Wildman–Crippen LogP) is 2.33. The molecule has 11 heteroatoms. The van der Waals surface area contributed by atoms with Gasteiger partial charge in [-0.05, 0) is 44.9 Å². The van der Waals surface area contributed by atoms with Crippen LogP contribution in [0.25, 0.3) is 11.4 Å².